The molecule has 2 aromatic heterocycles. The van der Waals surface area contributed by atoms with Crippen molar-refractivity contribution in [1.82, 2.24) is 30.5 Å². The molecule has 1 fully saturated rings. The van der Waals surface area contributed by atoms with Crippen LogP contribution in [0.1, 0.15) is 76.0 Å². The third-order valence-corrected chi connectivity index (χ3v) is 7.56. The van der Waals surface area contributed by atoms with Crippen molar-refractivity contribution in [3.8, 4) is 0 Å². The molecule has 1 saturated heterocycles. The number of carbonyl (C=O) groups is 3. The molecule has 0 saturated carbocycles. The fourth-order valence-corrected chi connectivity index (χ4v) is 5.31. The van der Waals surface area contributed by atoms with Crippen LogP contribution in [0.3, 0.4) is 0 Å². The van der Waals surface area contributed by atoms with Crippen LogP contribution in [-0.4, -0.2) is 56.3 Å². The van der Waals surface area contributed by atoms with Crippen LogP contribution in [0, 0.1) is 11.2 Å². The predicted octanol–water partition coefficient (Wildman–Crippen LogP) is 5.96. The highest BCUT2D eigenvalue weighted by Gasteiger charge is 2.44. The fourth-order valence-electron chi connectivity index (χ4n) is 5.31. The van der Waals surface area contributed by atoms with Gasteiger partial charge in [-0.1, -0.05) is 12.1 Å². The maximum Gasteiger partial charge on any atom is 0.426 e. The van der Waals surface area contributed by atoms with Crippen molar-refractivity contribution >= 4 is 29.5 Å². The first kappa shape index (κ1) is 35.2. The van der Waals surface area contributed by atoms with E-state index in [4.69, 9.17) is 9.72 Å². The van der Waals surface area contributed by atoms with Crippen LogP contribution < -0.4 is 16.2 Å². The molecule has 0 radical (unpaired) electrons. The van der Waals surface area contributed by atoms with Crippen LogP contribution in [0.2, 0.25) is 0 Å². The van der Waals surface area contributed by atoms with Gasteiger partial charge in [-0.3, -0.25) is 15.0 Å². The Kier molecular flexibility index (Phi) is 9.88. The van der Waals surface area contributed by atoms with Gasteiger partial charge in [-0.2, -0.15) is 18.3 Å². The second-order valence-electron chi connectivity index (χ2n) is 13.4. The van der Waals surface area contributed by atoms with E-state index in [2.05, 4.69) is 21.3 Å². The maximum absolute atomic E-state index is 14.8. The Morgan fingerprint density at radius 2 is 1.60 bits per heavy atom. The number of pyridine rings is 1. The van der Waals surface area contributed by atoms with Gasteiger partial charge in [0, 0.05) is 31.3 Å². The fraction of sp³-hybridized carbons (Fsp3) is 0.469. The first-order chi connectivity index (χ1) is 21.8. The molecule has 3 heterocycles. The van der Waals surface area contributed by atoms with E-state index in [1.165, 1.54) is 4.90 Å². The Bertz CT molecular complexity index is 1620. The third-order valence-electron chi connectivity index (χ3n) is 7.56. The summed E-state index contributed by atoms with van der Waals surface area (Å²) in [6.45, 7) is 10.9. The van der Waals surface area contributed by atoms with Crippen LogP contribution >= 0.6 is 0 Å². The van der Waals surface area contributed by atoms with Gasteiger partial charge in [0.2, 0.25) is 5.91 Å². The summed E-state index contributed by atoms with van der Waals surface area (Å²) in [7, 11) is 0. The number of anilines is 2. The minimum absolute atomic E-state index is 0.0390. The average molecular weight is 662 g/mol. The number of hydrazine groups is 1. The number of ether oxygens (including phenoxy) is 1. The lowest BCUT2D eigenvalue weighted by molar-refractivity contribution is -0.140. The topological polar surface area (TPSA) is 130 Å². The molecular weight excluding hydrogens is 622 g/mol. The number of nitrogens with one attached hydrogen (secondary N) is 3. The van der Waals surface area contributed by atoms with Gasteiger partial charge in [0.15, 0.2) is 0 Å². The molecule has 254 valence electrons. The minimum atomic E-state index is -4.97. The van der Waals surface area contributed by atoms with E-state index >= 15 is 0 Å². The van der Waals surface area contributed by atoms with E-state index in [0.717, 1.165) is 12.1 Å². The summed E-state index contributed by atoms with van der Waals surface area (Å²) in [5.41, 5.74) is 0.601. The van der Waals surface area contributed by atoms with E-state index in [-0.39, 0.29) is 37.9 Å². The van der Waals surface area contributed by atoms with E-state index in [1.54, 1.807) is 55.9 Å². The van der Waals surface area contributed by atoms with Crippen molar-refractivity contribution in [3.05, 3.63) is 71.3 Å². The van der Waals surface area contributed by atoms with Crippen LogP contribution in [0.4, 0.5) is 34.0 Å². The third kappa shape index (κ3) is 8.57. The second-order valence-corrected chi connectivity index (χ2v) is 13.4. The highest BCUT2D eigenvalue weighted by Crippen LogP contribution is 2.37. The van der Waals surface area contributed by atoms with Gasteiger partial charge in [0.1, 0.15) is 23.1 Å². The van der Waals surface area contributed by atoms with Gasteiger partial charge in [0.25, 0.3) is 5.91 Å². The van der Waals surface area contributed by atoms with E-state index in [0.29, 0.717) is 23.4 Å². The monoisotopic (exact) mass is 661 g/mol. The SMILES string of the molecule is CC(C)(C)OC(=O)NNC(=O)C1(Cc2cccc(Nc3ccnn3C(C)(C)C)n2)CCN(C(=O)c2cccc(C(F)(F)F)c2F)CC1. The van der Waals surface area contributed by atoms with Gasteiger partial charge >= 0.3 is 12.3 Å². The van der Waals surface area contributed by atoms with Crippen molar-refractivity contribution in [2.75, 3.05) is 18.4 Å². The number of hydrogen-bond donors (Lipinski definition) is 3. The molecule has 1 aliphatic rings. The molecule has 4 rings (SSSR count). The first-order valence-corrected chi connectivity index (χ1v) is 15.0. The zero-order valence-corrected chi connectivity index (χ0v) is 27.1. The zero-order chi connectivity index (χ0) is 34.8. The lowest BCUT2D eigenvalue weighted by atomic mass is 9.73. The van der Waals surface area contributed by atoms with Crippen LogP contribution in [0.5, 0.6) is 0 Å². The Morgan fingerprint density at radius 1 is 0.936 bits per heavy atom. The summed E-state index contributed by atoms with van der Waals surface area (Å²) in [4.78, 5) is 45.1. The van der Waals surface area contributed by atoms with Crippen molar-refractivity contribution < 1.29 is 36.7 Å². The zero-order valence-electron chi connectivity index (χ0n) is 27.1. The molecular formula is C32H39F4N7O4. The molecule has 3 amide bonds. The minimum Gasteiger partial charge on any atom is -0.443 e. The Labute approximate surface area is 270 Å². The molecule has 0 aliphatic carbocycles. The number of alkyl halides is 3. The largest absolute Gasteiger partial charge is 0.443 e. The molecule has 0 bridgehead atoms. The number of benzene rings is 1. The van der Waals surface area contributed by atoms with Crippen molar-refractivity contribution in [2.45, 2.75) is 78.1 Å². The summed E-state index contributed by atoms with van der Waals surface area (Å²) in [6.07, 6.45) is -4.03. The highest BCUT2D eigenvalue weighted by atomic mass is 19.4. The molecule has 15 heteroatoms. The molecule has 1 aliphatic heterocycles. The van der Waals surface area contributed by atoms with Gasteiger partial charge in [-0.25, -0.2) is 24.3 Å². The van der Waals surface area contributed by atoms with E-state index in [9.17, 15) is 31.9 Å². The van der Waals surface area contributed by atoms with Crippen molar-refractivity contribution in [2.24, 2.45) is 5.41 Å². The number of halogens is 4. The Balaban J connectivity index is 1.57. The summed E-state index contributed by atoms with van der Waals surface area (Å²) in [5.74, 6) is -1.96. The van der Waals surface area contributed by atoms with Crippen LogP contribution in [-0.2, 0) is 27.7 Å². The highest BCUT2D eigenvalue weighted by molar-refractivity contribution is 5.95. The maximum atomic E-state index is 14.8. The van der Waals surface area contributed by atoms with Crippen LogP contribution in [0.25, 0.3) is 0 Å². The molecule has 0 spiro atoms. The van der Waals surface area contributed by atoms with Crippen molar-refractivity contribution in [3.63, 3.8) is 0 Å². The summed E-state index contributed by atoms with van der Waals surface area (Å²) >= 11 is 0. The van der Waals surface area contributed by atoms with Gasteiger partial charge in [-0.05, 0) is 78.6 Å². The number of piperidine rings is 1. The number of nitrogens with zero attached hydrogens (tertiary/aromatic N) is 4. The number of carbonyl (C=O) groups excluding carboxylic acids is 3. The van der Waals surface area contributed by atoms with Crippen LogP contribution in [0.15, 0.2) is 48.7 Å². The normalized spacial score (nSPS) is 15.1. The second kappa shape index (κ2) is 13.2. The molecule has 11 nitrogen and oxygen atoms in total. The van der Waals surface area contributed by atoms with Gasteiger partial charge in [-0.15, -0.1) is 0 Å². The number of hydrogen-bond acceptors (Lipinski definition) is 7. The Morgan fingerprint density at radius 3 is 2.21 bits per heavy atom. The van der Waals surface area contributed by atoms with E-state index < -0.39 is 52.0 Å². The molecule has 0 atom stereocenters. The quantitative estimate of drug-likeness (QED) is 0.220. The number of amides is 3. The van der Waals surface area contributed by atoms with Crippen molar-refractivity contribution in [1.29, 1.82) is 0 Å². The van der Waals surface area contributed by atoms with Gasteiger partial charge < -0.3 is 15.0 Å². The first-order valence-electron chi connectivity index (χ1n) is 15.0. The number of rotatable bonds is 6. The molecule has 1 aromatic carbocycles. The molecule has 47 heavy (non-hydrogen) atoms. The predicted molar refractivity (Wildman–Crippen MR) is 165 cm³/mol. The van der Waals surface area contributed by atoms with Gasteiger partial charge in [0.05, 0.1) is 28.3 Å². The summed E-state index contributed by atoms with van der Waals surface area (Å²) in [6, 6.07) is 9.61. The molecule has 3 N–H and O–H groups in total. The number of aromatic nitrogens is 3. The molecule has 3 aromatic rings. The lowest BCUT2D eigenvalue weighted by Crippen LogP contribution is -2.55. The standard InChI is InChI=1S/C32H39F4N7O4/c1-29(2,3)43-24(13-16-37-43)39-23-12-7-9-20(38-23)19-31(27(45)40-41-28(46)47-30(4,5)6)14-17-42(18-15-31)26(44)21-10-8-11-22(25(21)33)32(34,35)36/h7-13,16H,14-15,17-19H2,1-6H3,(H,38,39)(H,40,45)(H,41,46). The summed E-state index contributed by atoms with van der Waals surface area (Å²) in [5, 5.41) is 7.62. The molecule has 0 unspecified atom stereocenters. The average Bonchev–Trinajstić information content (AvgIpc) is 3.44. The lowest BCUT2D eigenvalue weighted by Gasteiger charge is -2.40. The number of likely N-dealkylation sites (tertiary alicyclic amines) is 1. The van der Waals surface area contributed by atoms with E-state index in [1.807, 2.05) is 20.8 Å². The smallest absolute Gasteiger partial charge is 0.426 e. The summed E-state index contributed by atoms with van der Waals surface area (Å²) < 4.78 is 61.7. The Hall–Kier alpha value is -4.69.